The number of halogens is 3. The van der Waals surface area contributed by atoms with Crippen LogP contribution in [0.5, 0.6) is 5.88 Å². The molecular weight excluding hydrogens is 481 g/mol. The maximum Gasteiger partial charge on any atom is 0.418 e. The number of benzene rings is 1. The number of ether oxygens (including phenoxy) is 1. The van der Waals surface area contributed by atoms with Gasteiger partial charge in [0.2, 0.25) is 5.88 Å². The minimum atomic E-state index is -4.42. The highest BCUT2D eigenvalue weighted by Crippen LogP contribution is 2.47. The van der Waals surface area contributed by atoms with Gasteiger partial charge in [-0.3, -0.25) is 4.79 Å². The highest BCUT2D eigenvalue weighted by Gasteiger charge is 2.49. The summed E-state index contributed by atoms with van der Waals surface area (Å²) in [5, 5.41) is 3.02. The average molecular weight is 511 g/mol. The summed E-state index contributed by atoms with van der Waals surface area (Å²) in [6.07, 6.45) is -1.43. The Morgan fingerprint density at radius 2 is 1.95 bits per heavy atom. The molecule has 1 aromatic carbocycles. The van der Waals surface area contributed by atoms with E-state index in [0.29, 0.717) is 55.5 Å². The highest BCUT2D eigenvalue weighted by molar-refractivity contribution is 5.96. The minimum absolute atomic E-state index is 0.0203. The van der Waals surface area contributed by atoms with Crippen LogP contribution in [0.4, 0.5) is 18.9 Å². The van der Waals surface area contributed by atoms with Crippen molar-refractivity contribution in [2.45, 2.75) is 38.3 Å². The SMILES string of the molecule is CCOc1ncccc1-c1ccc2c(n1)C(=O)NCC21CCN(c2ccccc2C(F)(F)F)CC1CC. The monoisotopic (exact) mass is 510 g/mol. The van der Waals surface area contributed by atoms with Crippen LogP contribution in [0.15, 0.2) is 54.7 Å². The third-order valence-electron chi connectivity index (χ3n) is 7.63. The maximum absolute atomic E-state index is 13.7. The van der Waals surface area contributed by atoms with Crippen molar-refractivity contribution in [2.24, 2.45) is 5.92 Å². The molecule has 0 saturated carbocycles. The van der Waals surface area contributed by atoms with Crippen molar-refractivity contribution in [3.05, 3.63) is 71.5 Å². The van der Waals surface area contributed by atoms with Gasteiger partial charge in [-0.1, -0.05) is 31.5 Å². The van der Waals surface area contributed by atoms with E-state index >= 15 is 0 Å². The number of amides is 1. The molecule has 2 aliphatic rings. The zero-order chi connectivity index (χ0) is 26.2. The number of pyridine rings is 2. The Kier molecular flexibility index (Phi) is 6.56. The number of fused-ring (bicyclic) bond motifs is 2. The molecule has 9 heteroatoms. The fraction of sp³-hybridized carbons (Fsp3) is 0.393. The third-order valence-corrected chi connectivity index (χ3v) is 7.63. The number of alkyl halides is 3. The van der Waals surface area contributed by atoms with Crippen molar-refractivity contribution in [3.8, 4) is 17.1 Å². The summed E-state index contributed by atoms with van der Waals surface area (Å²) in [6, 6.07) is 13.2. The molecule has 6 nitrogen and oxygen atoms in total. The number of aromatic nitrogens is 2. The summed E-state index contributed by atoms with van der Waals surface area (Å²) in [4.78, 5) is 23.9. The fourth-order valence-electron chi connectivity index (χ4n) is 5.82. The smallest absolute Gasteiger partial charge is 0.418 e. The molecule has 1 N–H and O–H groups in total. The number of rotatable bonds is 5. The van der Waals surface area contributed by atoms with Crippen molar-refractivity contribution in [3.63, 3.8) is 0 Å². The quantitative estimate of drug-likeness (QED) is 0.493. The molecule has 1 fully saturated rings. The first-order valence-electron chi connectivity index (χ1n) is 12.6. The molecule has 194 valence electrons. The molecule has 1 saturated heterocycles. The first-order chi connectivity index (χ1) is 17.8. The Balaban J connectivity index is 1.52. The van der Waals surface area contributed by atoms with Crippen molar-refractivity contribution in [2.75, 3.05) is 31.1 Å². The van der Waals surface area contributed by atoms with Crippen molar-refractivity contribution in [1.29, 1.82) is 0 Å². The van der Waals surface area contributed by atoms with Crippen LogP contribution in [-0.4, -0.2) is 42.1 Å². The van der Waals surface area contributed by atoms with Gasteiger partial charge in [0.15, 0.2) is 0 Å². The molecule has 5 rings (SSSR count). The van der Waals surface area contributed by atoms with Gasteiger partial charge in [0, 0.05) is 36.9 Å². The second-order valence-corrected chi connectivity index (χ2v) is 9.54. The summed E-state index contributed by atoms with van der Waals surface area (Å²) in [6.45, 7) is 5.71. The zero-order valence-corrected chi connectivity index (χ0v) is 20.8. The molecule has 0 bridgehead atoms. The van der Waals surface area contributed by atoms with E-state index in [1.165, 1.54) is 6.07 Å². The average Bonchev–Trinajstić information content (AvgIpc) is 2.91. The number of carbonyl (C=O) groups is 1. The molecule has 0 aliphatic carbocycles. The second kappa shape index (κ2) is 9.68. The molecule has 1 spiro atoms. The molecule has 3 aromatic rings. The maximum atomic E-state index is 13.7. The van der Waals surface area contributed by atoms with Crippen LogP contribution in [0.3, 0.4) is 0 Å². The summed E-state index contributed by atoms with van der Waals surface area (Å²) >= 11 is 0. The van der Waals surface area contributed by atoms with Crippen LogP contribution in [0.1, 0.15) is 48.3 Å². The molecule has 2 aromatic heterocycles. The Hall–Kier alpha value is -3.62. The van der Waals surface area contributed by atoms with Crippen LogP contribution in [0.25, 0.3) is 11.3 Å². The van der Waals surface area contributed by atoms with E-state index in [4.69, 9.17) is 9.72 Å². The Morgan fingerprint density at radius 1 is 1.14 bits per heavy atom. The number of nitrogens with one attached hydrogen (secondary N) is 1. The normalized spacial score (nSPS) is 21.5. The van der Waals surface area contributed by atoms with Gasteiger partial charge < -0.3 is 15.0 Å². The van der Waals surface area contributed by atoms with E-state index in [-0.39, 0.29) is 17.5 Å². The molecule has 2 unspecified atom stereocenters. The molecule has 1 amide bonds. The van der Waals surface area contributed by atoms with Gasteiger partial charge in [0.1, 0.15) is 5.69 Å². The first-order valence-corrected chi connectivity index (χ1v) is 12.6. The lowest BCUT2D eigenvalue weighted by molar-refractivity contribution is -0.137. The van der Waals surface area contributed by atoms with Crippen LogP contribution in [0, 0.1) is 5.92 Å². The van der Waals surface area contributed by atoms with Crippen molar-refractivity contribution < 1.29 is 22.7 Å². The number of para-hydroxylation sites is 1. The van der Waals surface area contributed by atoms with Crippen LogP contribution in [-0.2, 0) is 11.6 Å². The van der Waals surface area contributed by atoms with E-state index in [9.17, 15) is 18.0 Å². The topological polar surface area (TPSA) is 67.3 Å². The number of anilines is 1. The standard InChI is InChI=1S/C28H29F3N4O2/c1-3-18-16-35(23-10-6-5-9-20(23)28(29,30)31)15-13-27(18)17-33-25(36)24-21(27)11-12-22(34-24)19-8-7-14-32-26(19)37-4-2/h5-12,14,18H,3-4,13,15-17H2,1-2H3,(H,33,36). The van der Waals surface area contributed by atoms with Gasteiger partial charge in [0.05, 0.1) is 23.4 Å². The van der Waals surface area contributed by atoms with Crippen molar-refractivity contribution >= 4 is 11.6 Å². The fourth-order valence-corrected chi connectivity index (χ4v) is 5.82. The molecule has 4 heterocycles. The number of piperidine rings is 1. The van der Waals surface area contributed by atoms with E-state index in [2.05, 4.69) is 10.3 Å². The zero-order valence-electron chi connectivity index (χ0n) is 20.8. The largest absolute Gasteiger partial charge is 0.477 e. The van der Waals surface area contributed by atoms with Gasteiger partial charge in [-0.25, -0.2) is 9.97 Å². The summed E-state index contributed by atoms with van der Waals surface area (Å²) in [7, 11) is 0. The lowest BCUT2D eigenvalue weighted by atomic mass is 9.63. The number of hydrogen-bond acceptors (Lipinski definition) is 5. The predicted octanol–water partition coefficient (Wildman–Crippen LogP) is 5.48. The summed E-state index contributed by atoms with van der Waals surface area (Å²) < 4.78 is 46.8. The Bertz CT molecular complexity index is 1310. The molecule has 2 atom stereocenters. The Labute approximate surface area is 213 Å². The lowest BCUT2D eigenvalue weighted by Gasteiger charge is -2.51. The lowest BCUT2D eigenvalue weighted by Crippen LogP contribution is -2.58. The number of hydrogen-bond donors (Lipinski definition) is 1. The Morgan fingerprint density at radius 3 is 2.70 bits per heavy atom. The van der Waals surface area contributed by atoms with E-state index < -0.39 is 17.2 Å². The molecule has 37 heavy (non-hydrogen) atoms. The third kappa shape index (κ3) is 4.40. The molecular formula is C28H29F3N4O2. The predicted molar refractivity (Wildman–Crippen MR) is 135 cm³/mol. The number of carbonyl (C=O) groups excluding carboxylic acids is 1. The van der Waals surface area contributed by atoms with Crippen LogP contribution in [0.2, 0.25) is 0 Å². The molecule has 0 radical (unpaired) electrons. The van der Waals surface area contributed by atoms with E-state index in [1.54, 1.807) is 24.4 Å². The van der Waals surface area contributed by atoms with Crippen molar-refractivity contribution in [1.82, 2.24) is 15.3 Å². The van der Waals surface area contributed by atoms with E-state index in [1.807, 2.05) is 36.9 Å². The summed E-state index contributed by atoms with van der Waals surface area (Å²) in [5.74, 6) is 0.224. The second-order valence-electron chi connectivity index (χ2n) is 9.54. The molecule has 2 aliphatic heterocycles. The summed E-state index contributed by atoms with van der Waals surface area (Å²) in [5.41, 5.74) is 1.68. The van der Waals surface area contributed by atoms with Gasteiger partial charge in [-0.15, -0.1) is 0 Å². The van der Waals surface area contributed by atoms with Gasteiger partial charge >= 0.3 is 6.18 Å². The number of nitrogens with zero attached hydrogens (tertiary/aromatic N) is 3. The van der Waals surface area contributed by atoms with Gasteiger partial charge in [0.25, 0.3) is 5.91 Å². The van der Waals surface area contributed by atoms with E-state index in [0.717, 1.165) is 18.1 Å². The van der Waals surface area contributed by atoms with Gasteiger partial charge in [-0.2, -0.15) is 13.2 Å². The van der Waals surface area contributed by atoms with Crippen LogP contribution < -0.4 is 15.0 Å². The highest BCUT2D eigenvalue weighted by atomic mass is 19.4. The minimum Gasteiger partial charge on any atom is -0.477 e. The first kappa shape index (κ1) is 25.0. The van der Waals surface area contributed by atoms with Crippen LogP contribution >= 0.6 is 0 Å². The van der Waals surface area contributed by atoms with Gasteiger partial charge in [-0.05, 0) is 55.2 Å².